The molecule has 0 amide bonds. The minimum atomic E-state index is -0.228. The van der Waals surface area contributed by atoms with Crippen molar-refractivity contribution in [2.24, 2.45) is 21.9 Å². The summed E-state index contributed by atoms with van der Waals surface area (Å²) in [6.45, 7) is 20.6. The molecule has 0 spiro atoms. The van der Waals surface area contributed by atoms with Crippen LogP contribution in [0.15, 0.2) is 30.5 Å². The highest BCUT2D eigenvalue weighted by molar-refractivity contribution is 6.20. The first kappa shape index (κ1) is 17.2. The minimum Gasteiger partial charge on any atom is -0.411 e. The van der Waals surface area contributed by atoms with E-state index < -0.39 is 0 Å². The highest BCUT2D eigenvalue weighted by Gasteiger charge is 2.46. The van der Waals surface area contributed by atoms with E-state index in [-0.39, 0.29) is 21.8 Å². The van der Waals surface area contributed by atoms with Crippen molar-refractivity contribution in [2.75, 3.05) is 0 Å². The van der Waals surface area contributed by atoms with Crippen LogP contribution in [0.5, 0.6) is 0 Å². The van der Waals surface area contributed by atoms with Crippen molar-refractivity contribution in [3.8, 4) is 0 Å². The third-order valence-electron chi connectivity index (χ3n) is 4.92. The zero-order valence-electron chi connectivity index (χ0n) is 13.0. The minimum absolute atomic E-state index is 0.0211. The van der Waals surface area contributed by atoms with Crippen LogP contribution in [0.4, 0.5) is 0 Å². The summed E-state index contributed by atoms with van der Waals surface area (Å²) in [5, 5.41) is 13.2. The van der Waals surface area contributed by atoms with E-state index in [1.165, 1.54) is 0 Å². The molecule has 0 aromatic carbocycles. The molecule has 2 atom stereocenters. The van der Waals surface area contributed by atoms with Gasteiger partial charge < -0.3 is 5.21 Å². The van der Waals surface area contributed by atoms with Gasteiger partial charge in [-0.1, -0.05) is 58.9 Å². The van der Waals surface area contributed by atoms with Crippen LogP contribution < -0.4 is 0 Å². The molecule has 2 nitrogen and oxygen atoms in total. The molecule has 0 aliphatic rings. The van der Waals surface area contributed by atoms with E-state index in [1.54, 1.807) is 0 Å². The fraction of sp³-hybridized carbons (Fsp3) is 0.667. The van der Waals surface area contributed by atoms with Crippen molar-refractivity contribution in [3.63, 3.8) is 0 Å². The summed E-state index contributed by atoms with van der Waals surface area (Å²) in [6, 6.07) is 0. The first-order valence-corrected chi connectivity index (χ1v) is 7.48. The zero-order valence-corrected chi connectivity index (χ0v) is 15.0. The number of oxime groups is 1. The van der Waals surface area contributed by atoms with Gasteiger partial charge in [0.2, 0.25) is 0 Å². The SMILES string of the molecule is C=CC(C)C(C)(C)C(=NO)C(C)(C)C(C)([SiH3])C=C. The summed E-state index contributed by atoms with van der Waals surface area (Å²) in [4.78, 5) is 0. The van der Waals surface area contributed by atoms with Crippen molar-refractivity contribution < 1.29 is 5.21 Å². The number of nitrogens with zero attached hydrogens (tertiary/aromatic N) is 1. The number of hydrogen-bond acceptors (Lipinski definition) is 2. The summed E-state index contributed by atoms with van der Waals surface area (Å²) >= 11 is 0. The molecular weight excluding hydrogens is 238 g/mol. The lowest BCUT2D eigenvalue weighted by atomic mass is 9.62. The van der Waals surface area contributed by atoms with Gasteiger partial charge in [-0.25, -0.2) is 0 Å². The van der Waals surface area contributed by atoms with E-state index >= 15 is 0 Å². The standard InChI is InChI=1S/C15H29NOSi/c1-9-11(3)13(4,5)12(16-17)14(6,7)15(8,18)10-2/h9-11,17H,1-2H2,3-8,18H3. The Kier molecular flexibility index (Phi) is 5.18. The van der Waals surface area contributed by atoms with Gasteiger partial charge in [0.25, 0.3) is 0 Å². The molecular formula is C15H29NOSi. The smallest absolute Gasteiger partial charge is 0.0693 e. The largest absolute Gasteiger partial charge is 0.411 e. The monoisotopic (exact) mass is 267 g/mol. The molecule has 0 fully saturated rings. The van der Waals surface area contributed by atoms with E-state index in [4.69, 9.17) is 0 Å². The highest BCUT2D eigenvalue weighted by atomic mass is 28.1. The van der Waals surface area contributed by atoms with Crippen LogP contribution >= 0.6 is 0 Å². The fourth-order valence-corrected chi connectivity index (χ4v) is 2.37. The van der Waals surface area contributed by atoms with Crippen LogP contribution in [-0.2, 0) is 0 Å². The molecule has 0 saturated carbocycles. The van der Waals surface area contributed by atoms with Gasteiger partial charge in [0.15, 0.2) is 0 Å². The first-order valence-electron chi connectivity index (χ1n) is 6.48. The Morgan fingerprint density at radius 2 is 1.67 bits per heavy atom. The zero-order chi connectivity index (χ0) is 14.8. The Bertz CT molecular complexity index is 354. The molecule has 0 aliphatic heterocycles. The van der Waals surface area contributed by atoms with E-state index in [0.29, 0.717) is 0 Å². The lowest BCUT2D eigenvalue weighted by Gasteiger charge is -2.46. The molecule has 104 valence electrons. The average molecular weight is 267 g/mol. The lowest BCUT2D eigenvalue weighted by molar-refractivity contribution is 0.264. The second-order valence-electron chi connectivity index (χ2n) is 6.75. The van der Waals surface area contributed by atoms with Gasteiger partial charge >= 0.3 is 0 Å². The third kappa shape index (κ3) is 2.77. The van der Waals surface area contributed by atoms with E-state index in [9.17, 15) is 5.21 Å². The molecule has 0 radical (unpaired) electrons. The maximum absolute atomic E-state index is 9.54. The molecule has 0 aromatic heterocycles. The second kappa shape index (κ2) is 5.43. The van der Waals surface area contributed by atoms with Crippen LogP contribution in [0.3, 0.4) is 0 Å². The Balaban J connectivity index is 5.76. The van der Waals surface area contributed by atoms with E-state index in [2.05, 4.69) is 59.9 Å². The summed E-state index contributed by atoms with van der Waals surface area (Å²) in [5.41, 5.74) is 0.366. The number of allylic oxidation sites excluding steroid dienone is 2. The van der Waals surface area contributed by atoms with E-state index in [0.717, 1.165) is 16.0 Å². The van der Waals surface area contributed by atoms with Gasteiger partial charge in [-0.05, 0) is 11.0 Å². The van der Waals surface area contributed by atoms with Gasteiger partial charge in [0.1, 0.15) is 0 Å². The molecule has 2 unspecified atom stereocenters. The molecule has 0 aliphatic carbocycles. The Labute approximate surface area is 115 Å². The normalized spacial score (nSPS) is 19.1. The number of hydrogen-bond donors (Lipinski definition) is 1. The average Bonchev–Trinajstić information content (AvgIpc) is 2.27. The van der Waals surface area contributed by atoms with Crippen LogP contribution in [0.1, 0.15) is 41.5 Å². The molecule has 1 N–H and O–H groups in total. The maximum Gasteiger partial charge on any atom is 0.0693 e. The predicted octanol–water partition coefficient (Wildman–Crippen LogP) is 3.42. The first-order chi connectivity index (χ1) is 7.98. The Morgan fingerprint density at radius 1 is 1.22 bits per heavy atom. The van der Waals surface area contributed by atoms with Gasteiger partial charge in [0.05, 0.1) is 5.71 Å². The topological polar surface area (TPSA) is 32.6 Å². The molecule has 0 bridgehead atoms. The van der Waals surface area contributed by atoms with Gasteiger partial charge in [-0.3, -0.25) is 0 Å². The Morgan fingerprint density at radius 3 is 1.94 bits per heavy atom. The van der Waals surface area contributed by atoms with Crippen LogP contribution in [0.25, 0.3) is 0 Å². The summed E-state index contributed by atoms with van der Waals surface area (Å²) in [7, 11) is 0.955. The van der Waals surface area contributed by atoms with Crippen LogP contribution in [-0.4, -0.2) is 21.2 Å². The Hall–Kier alpha value is -0.833. The lowest BCUT2D eigenvalue weighted by Crippen LogP contribution is -2.46. The van der Waals surface area contributed by atoms with Crippen LogP contribution in [0, 0.1) is 16.7 Å². The van der Waals surface area contributed by atoms with Gasteiger partial charge in [-0.15, -0.1) is 13.2 Å². The summed E-state index contributed by atoms with van der Waals surface area (Å²) in [6.07, 6.45) is 3.90. The van der Waals surface area contributed by atoms with Crippen molar-refractivity contribution in [1.29, 1.82) is 0 Å². The van der Waals surface area contributed by atoms with Gasteiger partial charge in [-0.2, -0.15) is 0 Å². The quantitative estimate of drug-likeness (QED) is 0.258. The molecule has 0 heterocycles. The molecule has 0 aromatic rings. The summed E-state index contributed by atoms with van der Waals surface area (Å²) < 4.78 is 0. The molecule has 3 heteroatoms. The maximum atomic E-state index is 9.54. The highest BCUT2D eigenvalue weighted by Crippen LogP contribution is 2.50. The molecule has 0 rings (SSSR count). The van der Waals surface area contributed by atoms with Crippen molar-refractivity contribution >= 4 is 16.0 Å². The molecule has 18 heavy (non-hydrogen) atoms. The molecule has 0 saturated heterocycles. The summed E-state index contributed by atoms with van der Waals surface area (Å²) in [5.74, 6) is 0.241. The van der Waals surface area contributed by atoms with Crippen molar-refractivity contribution in [1.82, 2.24) is 0 Å². The van der Waals surface area contributed by atoms with Crippen molar-refractivity contribution in [2.45, 2.75) is 46.6 Å². The number of rotatable bonds is 6. The van der Waals surface area contributed by atoms with E-state index in [1.807, 2.05) is 12.2 Å². The van der Waals surface area contributed by atoms with Gasteiger partial charge in [0, 0.05) is 21.1 Å². The third-order valence-corrected chi connectivity index (χ3v) is 6.57. The fourth-order valence-electron chi connectivity index (χ4n) is 2.13. The second-order valence-corrected chi connectivity index (χ2v) is 8.82. The van der Waals surface area contributed by atoms with Crippen molar-refractivity contribution in [3.05, 3.63) is 25.3 Å². The van der Waals surface area contributed by atoms with Crippen LogP contribution in [0.2, 0.25) is 5.04 Å². The predicted molar refractivity (Wildman–Crippen MR) is 84.6 cm³/mol.